The predicted molar refractivity (Wildman–Crippen MR) is 84.6 cm³/mol. The number of anilines is 1. The van der Waals surface area contributed by atoms with E-state index in [9.17, 15) is 14.9 Å². The van der Waals surface area contributed by atoms with E-state index in [0.29, 0.717) is 17.0 Å². The molecular weight excluding hydrogens is 300 g/mol. The van der Waals surface area contributed by atoms with Crippen molar-refractivity contribution >= 4 is 17.5 Å². The molecule has 7 nitrogen and oxygen atoms in total. The molecule has 0 unspecified atom stereocenters. The Morgan fingerprint density at radius 3 is 2.52 bits per heavy atom. The van der Waals surface area contributed by atoms with Gasteiger partial charge in [0.05, 0.1) is 18.1 Å². The molecule has 0 aliphatic heterocycles. The summed E-state index contributed by atoms with van der Waals surface area (Å²) in [5.41, 5.74) is 2.16. The lowest BCUT2D eigenvalue weighted by Crippen LogP contribution is -2.13. The largest absolute Gasteiger partial charge is 0.496 e. The second-order valence-corrected chi connectivity index (χ2v) is 4.82. The number of non-ortho nitro benzene ring substituents is 1. The maximum Gasteiger partial charge on any atom is 0.411 e. The molecule has 2 rings (SSSR count). The number of nitro benzene ring substituents is 1. The minimum Gasteiger partial charge on any atom is -0.496 e. The molecule has 2 aromatic rings. The molecule has 0 bridgehead atoms. The first-order valence-electron chi connectivity index (χ1n) is 6.81. The number of carbonyl (C=O) groups excluding carboxylic acids is 1. The van der Waals surface area contributed by atoms with Crippen LogP contribution in [0.2, 0.25) is 0 Å². The Labute approximate surface area is 133 Å². The van der Waals surface area contributed by atoms with Crippen LogP contribution in [-0.2, 0) is 11.3 Å². The molecule has 2 aromatic carbocycles. The number of rotatable bonds is 5. The van der Waals surface area contributed by atoms with E-state index in [2.05, 4.69) is 5.32 Å². The average molecular weight is 316 g/mol. The summed E-state index contributed by atoms with van der Waals surface area (Å²) in [6.45, 7) is 1.89. The van der Waals surface area contributed by atoms with Crippen LogP contribution in [0.1, 0.15) is 11.1 Å². The topological polar surface area (TPSA) is 90.7 Å². The first kappa shape index (κ1) is 16.3. The molecule has 0 aromatic heterocycles. The Balaban J connectivity index is 1.98. The first-order chi connectivity index (χ1) is 11.0. The van der Waals surface area contributed by atoms with Gasteiger partial charge in [-0.25, -0.2) is 4.79 Å². The van der Waals surface area contributed by atoms with Crippen molar-refractivity contribution in [2.45, 2.75) is 13.5 Å². The van der Waals surface area contributed by atoms with Crippen LogP contribution in [0.25, 0.3) is 0 Å². The number of benzene rings is 2. The Morgan fingerprint density at radius 2 is 1.91 bits per heavy atom. The Bertz CT molecular complexity index is 713. The van der Waals surface area contributed by atoms with Gasteiger partial charge in [-0.05, 0) is 25.1 Å². The maximum absolute atomic E-state index is 11.8. The summed E-state index contributed by atoms with van der Waals surface area (Å²) in [5, 5.41) is 13.3. The fourth-order valence-electron chi connectivity index (χ4n) is 1.90. The van der Waals surface area contributed by atoms with Crippen LogP contribution in [0, 0.1) is 17.0 Å². The van der Waals surface area contributed by atoms with Crippen molar-refractivity contribution in [2.75, 3.05) is 12.4 Å². The van der Waals surface area contributed by atoms with Gasteiger partial charge in [0.2, 0.25) is 0 Å². The van der Waals surface area contributed by atoms with Gasteiger partial charge in [-0.3, -0.25) is 15.4 Å². The summed E-state index contributed by atoms with van der Waals surface area (Å²) in [4.78, 5) is 22.0. The normalized spacial score (nSPS) is 10.0. The highest BCUT2D eigenvalue weighted by Crippen LogP contribution is 2.25. The highest BCUT2D eigenvalue weighted by molar-refractivity contribution is 5.84. The van der Waals surface area contributed by atoms with Gasteiger partial charge < -0.3 is 9.47 Å². The molecule has 0 spiro atoms. The number of aryl methyl sites for hydroxylation is 1. The standard InChI is InChI=1S/C16H16N2O5/c1-11-3-6-13(7-4-11)17-16(19)23-10-12-5-8-14(18(20)21)9-15(12)22-2/h3-9H,10H2,1-2H3,(H,17,19). The lowest BCUT2D eigenvalue weighted by atomic mass is 10.2. The molecule has 0 aliphatic carbocycles. The smallest absolute Gasteiger partial charge is 0.411 e. The Morgan fingerprint density at radius 1 is 1.22 bits per heavy atom. The second-order valence-electron chi connectivity index (χ2n) is 4.82. The molecule has 0 aliphatic rings. The average Bonchev–Trinajstić information content (AvgIpc) is 2.54. The molecule has 0 fully saturated rings. The third-order valence-electron chi connectivity index (χ3n) is 3.14. The third kappa shape index (κ3) is 4.44. The quantitative estimate of drug-likeness (QED) is 0.671. The molecule has 23 heavy (non-hydrogen) atoms. The summed E-state index contributed by atoms with van der Waals surface area (Å²) in [5.74, 6) is 0.294. The number of amides is 1. The minimum absolute atomic E-state index is 0.0567. The van der Waals surface area contributed by atoms with Gasteiger partial charge in [0.25, 0.3) is 5.69 Å². The number of hydrogen-bond donors (Lipinski definition) is 1. The number of ether oxygens (including phenoxy) is 2. The summed E-state index contributed by atoms with van der Waals surface area (Å²) >= 11 is 0. The van der Waals surface area contributed by atoms with Gasteiger partial charge in [0.1, 0.15) is 12.4 Å². The number of nitrogens with zero attached hydrogens (tertiary/aromatic N) is 1. The van der Waals surface area contributed by atoms with Crippen LogP contribution in [0.15, 0.2) is 42.5 Å². The van der Waals surface area contributed by atoms with E-state index in [1.165, 1.54) is 25.3 Å². The van der Waals surface area contributed by atoms with Crippen molar-refractivity contribution in [3.05, 3.63) is 63.7 Å². The number of hydrogen-bond acceptors (Lipinski definition) is 5. The maximum atomic E-state index is 11.8. The van der Waals surface area contributed by atoms with Crippen LogP contribution < -0.4 is 10.1 Å². The van der Waals surface area contributed by atoms with Gasteiger partial charge in [0.15, 0.2) is 0 Å². The lowest BCUT2D eigenvalue weighted by Gasteiger charge is -2.10. The zero-order chi connectivity index (χ0) is 16.8. The summed E-state index contributed by atoms with van der Waals surface area (Å²) < 4.78 is 10.2. The first-order valence-corrected chi connectivity index (χ1v) is 6.81. The lowest BCUT2D eigenvalue weighted by molar-refractivity contribution is -0.384. The van der Waals surface area contributed by atoms with Gasteiger partial charge in [-0.1, -0.05) is 17.7 Å². The van der Waals surface area contributed by atoms with Crippen molar-refractivity contribution < 1.29 is 19.2 Å². The van der Waals surface area contributed by atoms with Crippen molar-refractivity contribution in [3.8, 4) is 5.75 Å². The van der Waals surface area contributed by atoms with Gasteiger partial charge >= 0.3 is 6.09 Å². The third-order valence-corrected chi connectivity index (χ3v) is 3.14. The summed E-state index contributed by atoms with van der Waals surface area (Å²) in [6, 6.07) is 11.4. The van der Waals surface area contributed by atoms with Crippen LogP contribution in [0.4, 0.5) is 16.2 Å². The van der Waals surface area contributed by atoms with Gasteiger partial charge in [0, 0.05) is 17.3 Å². The molecule has 0 saturated heterocycles. The Hall–Kier alpha value is -3.09. The monoisotopic (exact) mass is 316 g/mol. The van der Waals surface area contributed by atoms with E-state index in [0.717, 1.165) is 5.56 Å². The number of nitrogens with one attached hydrogen (secondary N) is 1. The van der Waals surface area contributed by atoms with Crippen LogP contribution in [0.5, 0.6) is 5.75 Å². The van der Waals surface area contributed by atoms with Crippen LogP contribution in [0.3, 0.4) is 0 Å². The minimum atomic E-state index is -0.616. The molecule has 0 heterocycles. The molecular formula is C16H16N2O5. The molecule has 1 N–H and O–H groups in total. The van der Waals surface area contributed by atoms with Crippen LogP contribution >= 0.6 is 0 Å². The summed E-state index contributed by atoms with van der Waals surface area (Å²) in [6.07, 6.45) is -0.616. The van der Waals surface area contributed by atoms with E-state index in [1.54, 1.807) is 12.1 Å². The van der Waals surface area contributed by atoms with Crippen LogP contribution in [-0.4, -0.2) is 18.1 Å². The molecule has 7 heteroatoms. The highest BCUT2D eigenvalue weighted by Gasteiger charge is 2.13. The van der Waals surface area contributed by atoms with Gasteiger partial charge in [-0.2, -0.15) is 0 Å². The molecule has 0 radical (unpaired) electrons. The predicted octanol–water partition coefficient (Wildman–Crippen LogP) is 3.66. The SMILES string of the molecule is COc1cc([N+](=O)[O-])ccc1COC(=O)Nc1ccc(C)cc1. The highest BCUT2D eigenvalue weighted by atomic mass is 16.6. The molecule has 0 saturated carbocycles. The zero-order valence-electron chi connectivity index (χ0n) is 12.7. The van der Waals surface area contributed by atoms with E-state index < -0.39 is 11.0 Å². The van der Waals surface area contributed by atoms with E-state index in [1.807, 2.05) is 19.1 Å². The molecule has 0 atom stereocenters. The number of methoxy groups -OCH3 is 1. The number of carbonyl (C=O) groups is 1. The fraction of sp³-hybridized carbons (Fsp3) is 0.188. The zero-order valence-corrected chi connectivity index (χ0v) is 12.7. The molecule has 1 amide bonds. The van der Waals surface area contributed by atoms with Crippen molar-refractivity contribution in [2.24, 2.45) is 0 Å². The van der Waals surface area contributed by atoms with Crippen molar-refractivity contribution in [1.82, 2.24) is 0 Å². The van der Waals surface area contributed by atoms with Crippen molar-refractivity contribution in [1.29, 1.82) is 0 Å². The fourth-order valence-corrected chi connectivity index (χ4v) is 1.90. The summed E-state index contributed by atoms with van der Waals surface area (Å²) in [7, 11) is 1.40. The molecule has 120 valence electrons. The second kappa shape index (κ2) is 7.26. The van der Waals surface area contributed by atoms with E-state index >= 15 is 0 Å². The Kier molecular flexibility index (Phi) is 5.14. The van der Waals surface area contributed by atoms with E-state index in [-0.39, 0.29) is 12.3 Å². The van der Waals surface area contributed by atoms with Gasteiger partial charge in [-0.15, -0.1) is 0 Å². The van der Waals surface area contributed by atoms with Crippen molar-refractivity contribution in [3.63, 3.8) is 0 Å². The van der Waals surface area contributed by atoms with E-state index in [4.69, 9.17) is 9.47 Å². The number of nitro groups is 1.